The van der Waals surface area contributed by atoms with E-state index in [-0.39, 0.29) is 5.75 Å². The zero-order chi connectivity index (χ0) is 25.2. The second-order valence-electron chi connectivity index (χ2n) is 8.85. The summed E-state index contributed by atoms with van der Waals surface area (Å²) in [5.74, 6) is 2.20. The molecule has 1 saturated heterocycles. The van der Waals surface area contributed by atoms with E-state index in [1.807, 2.05) is 31.2 Å². The Morgan fingerprint density at radius 1 is 1.00 bits per heavy atom. The number of aromatic hydroxyl groups is 1. The summed E-state index contributed by atoms with van der Waals surface area (Å²) in [5, 5.41) is 11.5. The number of anilines is 1. The summed E-state index contributed by atoms with van der Waals surface area (Å²) in [7, 11) is 3.13. The molecule has 0 atom stereocenters. The number of pyridine rings is 1. The van der Waals surface area contributed by atoms with Gasteiger partial charge in [0.05, 0.1) is 25.3 Å². The highest BCUT2D eigenvalue weighted by Crippen LogP contribution is 2.36. The zero-order valence-electron chi connectivity index (χ0n) is 20.7. The first-order valence-corrected chi connectivity index (χ1v) is 11.9. The summed E-state index contributed by atoms with van der Waals surface area (Å²) in [5.41, 5.74) is 2.52. The fraction of sp³-hybridized carbons (Fsp3) is 0.286. The number of rotatable bonds is 6. The molecule has 8 heteroatoms. The number of methoxy groups -OCH3 is 2. The largest absolute Gasteiger partial charge is 0.507 e. The minimum absolute atomic E-state index is 0.121. The summed E-state index contributed by atoms with van der Waals surface area (Å²) in [6.45, 7) is 5.65. The fourth-order valence-corrected chi connectivity index (χ4v) is 4.84. The van der Waals surface area contributed by atoms with Crippen molar-refractivity contribution >= 4 is 16.8 Å². The number of hydrogen-bond acceptors (Lipinski definition) is 8. The molecule has 1 fully saturated rings. The first-order valence-electron chi connectivity index (χ1n) is 11.9. The van der Waals surface area contributed by atoms with E-state index in [0.717, 1.165) is 42.9 Å². The van der Waals surface area contributed by atoms with Gasteiger partial charge in [-0.3, -0.25) is 4.90 Å². The van der Waals surface area contributed by atoms with Gasteiger partial charge < -0.3 is 23.9 Å². The molecule has 5 rings (SSSR count). The number of piperazine rings is 1. The fourth-order valence-electron chi connectivity index (χ4n) is 4.84. The van der Waals surface area contributed by atoms with Gasteiger partial charge in [-0.1, -0.05) is 12.1 Å². The van der Waals surface area contributed by atoms with Crippen LogP contribution in [0.25, 0.3) is 22.1 Å². The SMILES string of the molecule is COc1ccc(-c2c(C)c3ccc(O)c(CN4CCN(c5ccccn5)CC4)c3oc2=O)cc1OC. The topological polar surface area (TPSA) is 88.3 Å². The van der Waals surface area contributed by atoms with Gasteiger partial charge in [-0.2, -0.15) is 0 Å². The minimum Gasteiger partial charge on any atom is -0.507 e. The molecule has 186 valence electrons. The average Bonchev–Trinajstić information content (AvgIpc) is 2.91. The van der Waals surface area contributed by atoms with Crippen molar-refractivity contribution in [3.63, 3.8) is 0 Å². The number of aromatic nitrogens is 1. The van der Waals surface area contributed by atoms with Crippen LogP contribution in [-0.4, -0.2) is 55.4 Å². The molecule has 1 aliphatic rings. The third-order valence-electron chi connectivity index (χ3n) is 6.81. The molecule has 2 aromatic carbocycles. The van der Waals surface area contributed by atoms with Crippen LogP contribution in [0.1, 0.15) is 11.1 Å². The molecule has 0 saturated carbocycles. The van der Waals surface area contributed by atoms with E-state index in [1.54, 1.807) is 44.7 Å². The van der Waals surface area contributed by atoms with Crippen molar-refractivity contribution in [1.82, 2.24) is 9.88 Å². The van der Waals surface area contributed by atoms with Gasteiger partial charge in [-0.25, -0.2) is 9.78 Å². The molecule has 0 unspecified atom stereocenters. The number of benzene rings is 2. The highest BCUT2D eigenvalue weighted by atomic mass is 16.5. The van der Waals surface area contributed by atoms with Crippen LogP contribution >= 0.6 is 0 Å². The second kappa shape index (κ2) is 9.91. The minimum atomic E-state index is -0.459. The van der Waals surface area contributed by atoms with Crippen LogP contribution < -0.4 is 20.0 Å². The molecule has 0 radical (unpaired) electrons. The van der Waals surface area contributed by atoms with Crippen molar-refractivity contribution in [3.8, 4) is 28.4 Å². The van der Waals surface area contributed by atoms with Crippen LogP contribution in [-0.2, 0) is 6.54 Å². The first kappa shape index (κ1) is 23.7. The number of phenolic OH excluding ortho intramolecular Hbond substituents is 1. The van der Waals surface area contributed by atoms with E-state index in [4.69, 9.17) is 13.9 Å². The second-order valence-corrected chi connectivity index (χ2v) is 8.85. The van der Waals surface area contributed by atoms with Gasteiger partial charge in [-0.15, -0.1) is 0 Å². The van der Waals surface area contributed by atoms with Gasteiger partial charge in [-0.05, 0) is 54.4 Å². The van der Waals surface area contributed by atoms with E-state index in [9.17, 15) is 9.90 Å². The maximum absolute atomic E-state index is 13.2. The molecule has 8 nitrogen and oxygen atoms in total. The van der Waals surface area contributed by atoms with Crippen LogP contribution in [0.5, 0.6) is 17.2 Å². The molecule has 0 bridgehead atoms. The van der Waals surface area contributed by atoms with Gasteiger partial charge in [0.25, 0.3) is 0 Å². The summed E-state index contributed by atoms with van der Waals surface area (Å²) in [4.78, 5) is 22.2. The van der Waals surface area contributed by atoms with Gasteiger partial charge in [0.15, 0.2) is 11.5 Å². The lowest BCUT2D eigenvalue weighted by atomic mass is 9.97. The van der Waals surface area contributed by atoms with E-state index >= 15 is 0 Å². The van der Waals surface area contributed by atoms with Crippen LogP contribution in [0.2, 0.25) is 0 Å². The van der Waals surface area contributed by atoms with Crippen LogP contribution in [0.15, 0.2) is 63.9 Å². The Kier molecular flexibility index (Phi) is 6.52. The van der Waals surface area contributed by atoms with Gasteiger partial charge in [0, 0.05) is 44.3 Å². The molecule has 0 amide bonds. The molecule has 36 heavy (non-hydrogen) atoms. The quantitative estimate of drug-likeness (QED) is 0.405. The Bertz CT molecular complexity index is 1440. The number of fused-ring (bicyclic) bond motifs is 1. The summed E-state index contributed by atoms with van der Waals surface area (Å²) < 4.78 is 16.6. The van der Waals surface area contributed by atoms with Crippen molar-refractivity contribution in [2.45, 2.75) is 13.5 Å². The van der Waals surface area contributed by atoms with Crippen LogP contribution in [0.4, 0.5) is 5.82 Å². The summed E-state index contributed by atoms with van der Waals surface area (Å²) in [6, 6.07) is 14.7. The molecule has 0 aliphatic carbocycles. The lowest BCUT2D eigenvalue weighted by Crippen LogP contribution is -2.46. The monoisotopic (exact) mass is 487 g/mol. The van der Waals surface area contributed by atoms with Gasteiger partial charge in [0.2, 0.25) is 0 Å². The third kappa shape index (κ3) is 4.35. The number of hydrogen-bond donors (Lipinski definition) is 1. The smallest absolute Gasteiger partial charge is 0.344 e. The van der Waals surface area contributed by atoms with E-state index in [1.165, 1.54) is 0 Å². The van der Waals surface area contributed by atoms with Crippen LogP contribution in [0, 0.1) is 6.92 Å². The van der Waals surface area contributed by atoms with Crippen molar-refractivity contribution in [3.05, 3.63) is 76.3 Å². The van der Waals surface area contributed by atoms with Gasteiger partial charge >= 0.3 is 5.63 Å². The molecule has 2 aromatic heterocycles. The Morgan fingerprint density at radius 2 is 1.78 bits per heavy atom. The van der Waals surface area contributed by atoms with Crippen LogP contribution in [0.3, 0.4) is 0 Å². The molecule has 0 spiro atoms. The predicted octanol–water partition coefficient (Wildman–Crippen LogP) is 4.21. The van der Waals surface area contributed by atoms with Crippen molar-refractivity contribution in [2.75, 3.05) is 45.3 Å². The van der Waals surface area contributed by atoms with Gasteiger partial charge in [0.1, 0.15) is 17.2 Å². The Balaban J connectivity index is 1.46. The van der Waals surface area contributed by atoms with E-state index < -0.39 is 5.63 Å². The van der Waals surface area contributed by atoms with Crippen molar-refractivity contribution < 1.29 is 19.0 Å². The van der Waals surface area contributed by atoms with Crippen molar-refractivity contribution in [1.29, 1.82) is 0 Å². The standard InChI is InChI=1S/C28H29N3O5/c1-18-20-8-9-22(32)21(17-30-12-14-31(15-13-30)25-6-4-5-11-29-25)27(20)36-28(33)26(18)19-7-10-23(34-2)24(16-19)35-3/h4-11,16,32H,12-15,17H2,1-3H3. The highest BCUT2D eigenvalue weighted by Gasteiger charge is 2.23. The normalized spacial score (nSPS) is 14.2. The maximum Gasteiger partial charge on any atom is 0.344 e. The first-order chi connectivity index (χ1) is 17.5. The number of ether oxygens (including phenoxy) is 2. The lowest BCUT2D eigenvalue weighted by Gasteiger charge is -2.35. The van der Waals surface area contributed by atoms with Crippen molar-refractivity contribution in [2.24, 2.45) is 0 Å². The zero-order valence-corrected chi connectivity index (χ0v) is 20.7. The Labute approximate surface area is 209 Å². The average molecular weight is 488 g/mol. The highest BCUT2D eigenvalue weighted by molar-refractivity contribution is 5.90. The molecular weight excluding hydrogens is 458 g/mol. The molecular formula is C28H29N3O5. The Morgan fingerprint density at radius 3 is 2.47 bits per heavy atom. The van der Waals surface area contributed by atoms with E-state index in [2.05, 4.69) is 14.8 Å². The molecule has 1 N–H and O–H groups in total. The molecule has 3 heterocycles. The predicted molar refractivity (Wildman–Crippen MR) is 139 cm³/mol. The number of phenols is 1. The summed E-state index contributed by atoms with van der Waals surface area (Å²) in [6.07, 6.45) is 1.80. The lowest BCUT2D eigenvalue weighted by molar-refractivity contribution is 0.246. The maximum atomic E-state index is 13.2. The number of nitrogens with zero attached hydrogens (tertiary/aromatic N) is 3. The summed E-state index contributed by atoms with van der Waals surface area (Å²) >= 11 is 0. The third-order valence-corrected chi connectivity index (χ3v) is 6.81. The van der Waals surface area contributed by atoms with E-state index in [0.29, 0.717) is 40.3 Å². The Hall–Kier alpha value is -4.04. The molecule has 1 aliphatic heterocycles. The number of aryl methyl sites for hydroxylation is 1. The molecule has 4 aromatic rings.